The van der Waals surface area contributed by atoms with Gasteiger partial charge in [0.15, 0.2) is 0 Å². The first-order chi connectivity index (χ1) is 10.2. The summed E-state index contributed by atoms with van der Waals surface area (Å²) in [7, 11) is 0. The lowest BCUT2D eigenvalue weighted by Gasteiger charge is -2.24. The summed E-state index contributed by atoms with van der Waals surface area (Å²) in [6.07, 6.45) is 3.09. The highest BCUT2D eigenvalue weighted by Gasteiger charge is 2.36. The van der Waals surface area contributed by atoms with Crippen LogP contribution in [0.2, 0.25) is 0 Å². The van der Waals surface area contributed by atoms with Gasteiger partial charge in [0, 0.05) is 6.54 Å². The molecule has 2 atom stereocenters. The number of ether oxygens (including phenoxy) is 1. The van der Waals surface area contributed by atoms with Crippen LogP contribution in [0.15, 0.2) is 24.3 Å². The SMILES string of the molecule is CCOc1ccc(C2NC(C)C(=O)N2CCCSC)cc1. The zero-order valence-electron chi connectivity index (χ0n) is 13.0. The molecular weight excluding hydrogens is 284 g/mol. The smallest absolute Gasteiger partial charge is 0.241 e. The zero-order chi connectivity index (χ0) is 15.2. The molecule has 0 spiro atoms. The van der Waals surface area contributed by atoms with Gasteiger partial charge >= 0.3 is 0 Å². The van der Waals surface area contributed by atoms with Gasteiger partial charge in [-0.1, -0.05) is 12.1 Å². The molecule has 1 aromatic rings. The van der Waals surface area contributed by atoms with Gasteiger partial charge in [-0.3, -0.25) is 10.1 Å². The van der Waals surface area contributed by atoms with E-state index in [1.807, 2.05) is 54.8 Å². The summed E-state index contributed by atoms with van der Waals surface area (Å²) in [4.78, 5) is 14.2. The number of carbonyl (C=O) groups is 1. The molecule has 0 saturated carbocycles. The van der Waals surface area contributed by atoms with E-state index in [4.69, 9.17) is 4.74 Å². The van der Waals surface area contributed by atoms with Crippen molar-refractivity contribution in [2.24, 2.45) is 0 Å². The molecule has 1 N–H and O–H groups in total. The summed E-state index contributed by atoms with van der Waals surface area (Å²) in [5.41, 5.74) is 1.11. The largest absolute Gasteiger partial charge is 0.494 e. The minimum absolute atomic E-state index is 0.0231. The predicted molar refractivity (Wildman–Crippen MR) is 87.7 cm³/mol. The maximum absolute atomic E-state index is 12.3. The fourth-order valence-electron chi connectivity index (χ4n) is 2.58. The van der Waals surface area contributed by atoms with Crippen molar-refractivity contribution < 1.29 is 9.53 Å². The number of amides is 1. The fourth-order valence-corrected chi connectivity index (χ4v) is 3.00. The molecule has 0 aliphatic carbocycles. The average Bonchev–Trinajstić information content (AvgIpc) is 2.77. The van der Waals surface area contributed by atoms with Crippen LogP contribution in [0.25, 0.3) is 0 Å². The van der Waals surface area contributed by atoms with Gasteiger partial charge in [0.25, 0.3) is 0 Å². The highest BCUT2D eigenvalue weighted by molar-refractivity contribution is 7.98. The molecule has 4 nitrogen and oxygen atoms in total. The number of thioether (sulfide) groups is 1. The molecule has 21 heavy (non-hydrogen) atoms. The number of nitrogens with one attached hydrogen (secondary N) is 1. The molecule has 1 fully saturated rings. The Bertz CT molecular complexity index is 464. The Balaban J connectivity index is 2.09. The van der Waals surface area contributed by atoms with Gasteiger partial charge in [-0.15, -0.1) is 0 Å². The molecule has 1 heterocycles. The van der Waals surface area contributed by atoms with Crippen molar-refractivity contribution in [1.29, 1.82) is 0 Å². The molecule has 0 radical (unpaired) electrons. The molecule has 1 amide bonds. The fraction of sp³-hybridized carbons (Fsp3) is 0.562. The van der Waals surface area contributed by atoms with Crippen molar-refractivity contribution in [1.82, 2.24) is 10.2 Å². The third kappa shape index (κ3) is 3.92. The molecule has 2 unspecified atom stereocenters. The van der Waals surface area contributed by atoms with Crippen molar-refractivity contribution >= 4 is 17.7 Å². The van der Waals surface area contributed by atoms with Crippen LogP contribution in [0.1, 0.15) is 32.0 Å². The van der Waals surface area contributed by atoms with E-state index in [9.17, 15) is 4.79 Å². The highest BCUT2D eigenvalue weighted by Crippen LogP contribution is 2.27. The minimum atomic E-state index is -0.115. The lowest BCUT2D eigenvalue weighted by molar-refractivity contribution is -0.129. The Hall–Kier alpha value is -1.20. The van der Waals surface area contributed by atoms with Crippen LogP contribution in [0.5, 0.6) is 5.75 Å². The molecule has 5 heteroatoms. The third-order valence-corrected chi connectivity index (χ3v) is 4.32. The van der Waals surface area contributed by atoms with E-state index in [2.05, 4.69) is 11.6 Å². The lowest BCUT2D eigenvalue weighted by Crippen LogP contribution is -2.31. The summed E-state index contributed by atoms with van der Waals surface area (Å²) < 4.78 is 5.47. The number of hydrogen-bond acceptors (Lipinski definition) is 4. The number of benzene rings is 1. The second-order valence-electron chi connectivity index (χ2n) is 5.17. The van der Waals surface area contributed by atoms with E-state index in [0.29, 0.717) is 6.61 Å². The molecule has 0 bridgehead atoms. The van der Waals surface area contributed by atoms with Gasteiger partial charge in [-0.25, -0.2) is 0 Å². The van der Waals surface area contributed by atoms with E-state index < -0.39 is 0 Å². The van der Waals surface area contributed by atoms with Crippen LogP contribution >= 0.6 is 11.8 Å². The Labute approximate surface area is 131 Å². The van der Waals surface area contributed by atoms with Crippen molar-refractivity contribution in [3.05, 3.63) is 29.8 Å². The van der Waals surface area contributed by atoms with Gasteiger partial charge in [0.05, 0.1) is 12.6 Å². The van der Waals surface area contributed by atoms with Gasteiger partial charge < -0.3 is 9.64 Å². The van der Waals surface area contributed by atoms with Crippen LogP contribution in [-0.2, 0) is 4.79 Å². The van der Waals surface area contributed by atoms with E-state index >= 15 is 0 Å². The van der Waals surface area contributed by atoms with Crippen LogP contribution in [-0.4, -0.2) is 42.0 Å². The number of nitrogens with zero attached hydrogens (tertiary/aromatic N) is 1. The summed E-state index contributed by atoms with van der Waals surface area (Å²) in [6, 6.07) is 7.89. The quantitative estimate of drug-likeness (QED) is 0.786. The van der Waals surface area contributed by atoms with Crippen molar-refractivity contribution in [3.63, 3.8) is 0 Å². The first-order valence-electron chi connectivity index (χ1n) is 7.45. The van der Waals surface area contributed by atoms with E-state index in [1.165, 1.54) is 0 Å². The topological polar surface area (TPSA) is 41.6 Å². The normalized spacial score (nSPS) is 21.9. The third-order valence-electron chi connectivity index (χ3n) is 3.63. The minimum Gasteiger partial charge on any atom is -0.494 e. The summed E-state index contributed by atoms with van der Waals surface area (Å²) in [5.74, 6) is 2.14. The Morgan fingerprint density at radius 3 is 2.67 bits per heavy atom. The molecule has 1 aromatic carbocycles. The van der Waals surface area contributed by atoms with Crippen LogP contribution in [0.4, 0.5) is 0 Å². The van der Waals surface area contributed by atoms with Gasteiger partial charge in [-0.05, 0) is 50.0 Å². The van der Waals surface area contributed by atoms with Crippen LogP contribution in [0, 0.1) is 0 Å². The van der Waals surface area contributed by atoms with Gasteiger partial charge in [0.1, 0.15) is 11.9 Å². The van der Waals surface area contributed by atoms with Crippen LogP contribution in [0.3, 0.4) is 0 Å². The maximum atomic E-state index is 12.3. The highest BCUT2D eigenvalue weighted by atomic mass is 32.2. The first kappa shape index (κ1) is 16.2. The summed E-state index contributed by atoms with van der Waals surface area (Å²) in [6.45, 7) is 5.37. The van der Waals surface area contributed by atoms with Gasteiger partial charge in [-0.2, -0.15) is 11.8 Å². The molecule has 116 valence electrons. The Morgan fingerprint density at radius 1 is 1.33 bits per heavy atom. The molecule has 1 aliphatic rings. The number of hydrogen-bond donors (Lipinski definition) is 1. The maximum Gasteiger partial charge on any atom is 0.241 e. The molecule has 1 saturated heterocycles. The summed E-state index contributed by atoms with van der Waals surface area (Å²) >= 11 is 1.82. The van der Waals surface area contributed by atoms with E-state index in [1.54, 1.807) is 0 Å². The predicted octanol–water partition coefficient (Wildman–Crippen LogP) is 2.66. The van der Waals surface area contributed by atoms with E-state index in [0.717, 1.165) is 30.0 Å². The first-order valence-corrected chi connectivity index (χ1v) is 8.85. The number of rotatable bonds is 7. The zero-order valence-corrected chi connectivity index (χ0v) is 13.8. The average molecular weight is 308 g/mol. The molecular formula is C16H24N2O2S. The lowest BCUT2D eigenvalue weighted by atomic mass is 10.1. The molecule has 1 aliphatic heterocycles. The summed E-state index contributed by atoms with van der Waals surface area (Å²) in [5, 5.41) is 3.38. The van der Waals surface area contributed by atoms with Crippen molar-refractivity contribution in [2.45, 2.75) is 32.5 Å². The molecule has 0 aromatic heterocycles. The van der Waals surface area contributed by atoms with E-state index in [-0.39, 0.29) is 18.1 Å². The van der Waals surface area contributed by atoms with Gasteiger partial charge in [0.2, 0.25) is 5.91 Å². The van der Waals surface area contributed by atoms with Crippen LogP contribution < -0.4 is 10.1 Å². The second-order valence-corrected chi connectivity index (χ2v) is 6.16. The second kappa shape index (κ2) is 7.71. The monoisotopic (exact) mass is 308 g/mol. The van der Waals surface area contributed by atoms with Crippen molar-refractivity contribution in [3.8, 4) is 5.75 Å². The number of carbonyl (C=O) groups excluding carboxylic acids is 1. The Morgan fingerprint density at radius 2 is 2.05 bits per heavy atom. The Kier molecular flexibility index (Phi) is 5.94. The standard InChI is InChI=1S/C16H24N2O2S/c1-4-20-14-8-6-13(7-9-14)15-17-12(2)16(19)18(15)10-5-11-21-3/h6-9,12,15,17H,4-5,10-11H2,1-3H3. The molecule has 2 rings (SSSR count). The van der Waals surface area contributed by atoms with Crippen molar-refractivity contribution in [2.75, 3.05) is 25.2 Å².